The summed E-state index contributed by atoms with van der Waals surface area (Å²) in [5, 5.41) is 0. The van der Waals surface area contributed by atoms with E-state index in [0.717, 1.165) is 0 Å². The van der Waals surface area contributed by atoms with E-state index >= 15 is 0 Å². The Morgan fingerprint density at radius 3 is 2.53 bits per heavy atom. The van der Waals surface area contributed by atoms with Gasteiger partial charge in [-0.15, -0.1) is 0 Å². The van der Waals surface area contributed by atoms with Gasteiger partial charge >= 0.3 is 11.9 Å². The van der Waals surface area contributed by atoms with Crippen LogP contribution in [0.15, 0.2) is 47.7 Å². The average molecular weight is 262 g/mol. The summed E-state index contributed by atoms with van der Waals surface area (Å²) in [6.45, 7) is 0. The molecule has 0 aliphatic heterocycles. The van der Waals surface area contributed by atoms with E-state index in [2.05, 4.69) is 14.5 Å². The first-order valence-corrected chi connectivity index (χ1v) is 5.39. The lowest BCUT2D eigenvalue weighted by molar-refractivity contribution is -0.135. The molecule has 0 spiro atoms. The van der Waals surface area contributed by atoms with Crippen LogP contribution in [-0.2, 0) is 19.1 Å². The summed E-state index contributed by atoms with van der Waals surface area (Å²) in [7, 11) is 2.58. The SMILES string of the molecule is COC(=O)/C=C\n1ccccc1=N/C=C/C(=O)OC. The zero-order chi connectivity index (χ0) is 14.1. The van der Waals surface area contributed by atoms with Gasteiger partial charge in [-0.1, -0.05) is 6.07 Å². The van der Waals surface area contributed by atoms with Crippen LogP contribution in [0, 0.1) is 0 Å². The third-order valence-electron chi connectivity index (χ3n) is 2.06. The first-order chi connectivity index (χ1) is 9.17. The number of carbonyl (C=O) groups excluding carboxylic acids is 2. The van der Waals surface area contributed by atoms with Gasteiger partial charge in [0.05, 0.1) is 14.2 Å². The summed E-state index contributed by atoms with van der Waals surface area (Å²) in [6, 6.07) is 5.29. The number of hydrogen-bond acceptors (Lipinski definition) is 5. The third kappa shape index (κ3) is 5.03. The maximum atomic E-state index is 11.0. The number of aromatic nitrogens is 1. The molecule has 0 radical (unpaired) electrons. The third-order valence-corrected chi connectivity index (χ3v) is 2.06. The van der Waals surface area contributed by atoms with E-state index in [1.165, 1.54) is 38.8 Å². The molecule has 1 heterocycles. The summed E-state index contributed by atoms with van der Waals surface area (Å²) in [5.74, 6) is -0.955. The number of methoxy groups -OCH3 is 2. The normalized spacial score (nSPS) is 12.0. The van der Waals surface area contributed by atoms with E-state index < -0.39 is 11.9 Å². The summed E-state index contributed by atoms with van der Waals surface area (Å²) >= 11 is 0. The molecular formula is C13H14N2O4. The van der Waals surface area contributed by atoms with Gasteiger partial charge in [-0.2, -0.15) is 0 Å². The molecule has 0 saturated heterocycles. The molecule has 19 heavy (non-hydrogen) atoms. The Morgan fingerprint density at radius 1 is 1.16 bits per heavy atom. The highest BCUT2D eigenvalue weighted by molar-refractivity contribution is 5.84. The minimum absolute atomic E-state index is 0.465. The van der Waals surface area contributed by atoms with Gasteiger partial charge < -0.3 is 14.0 Å². The van der Waals surface area contributed by atoms with Gasteiger partial charge in [0.1, 0.15) is 5.49 Å². The molecule has 0 unspecified atom stereocenters. The van der Waals surface area contributed by atoms with E-state index in [9.17, 15) is 9.59 Å². The quantitative estimate of drug-likeness (QED) is 0.592. The van der Waals surface area contributed by atoms with Crippen LogP contribution in [0.1, 0.15) is 0 Å². The van der Waals surface area contributed by atoms with Crippen LogP contribution < -0.4 is 5.49 Å². The standard InChI is InChI=1S/C13H14N2O4/c1-18-12(16)6-8-14-11-5-3-4-9-15(11)10-7-13(17)19-2/h3-10H,1-2H3/b8-6+,10-7-,14-11?. The lowest BCUT2D eigenvalue weighted by Crippen LogP contribution is -2.14. The largest absolute Gasteiger partial charge is 0.466 e. The van der Waals surface area contributed by atoms with E-state index in [-0.39, 0.29) is 0 Å². The van der Waals surface area contributed by atoms with Gasteiger partial charge in [0, 0.05) is 30.7 Å². The highest BCUT2D eigenvalue weighted by Gasteiger charge is 1.92. The zero-order valence-corrected chi connectivity index (χ0v) is 10.6. The second-order valence-corrected chi connectivity index (χ2v) is 3.27. The van der Waals surface area contributed by atoms with Crippen LogP contribution in [0.2, 0.25) is 0 Å². The van der Waals surface area contributed by atoms with E-state index in [0.29, 0.717) is 5.49 Å². The van der Waals surface area contributed by atoms with Crippen LogP contribution in [-0.4, -0.2) is 30.7 Å². The molecule has 0 saturated carbocycles. The molecule has 0 aliphatic rings. The maximum absolute atomic E-state index is 11.0. The van der Waals surface area contributed by atoms with Crippen LogP contribution >= 0.6 is 0 Å². The van der Waals surface area contributed by atoms with E-state index in [1.807, 2.05) is 0 Å². The lowest BCUT2D eigenvalue weighted by atomic mass is 10.4. The first kappa shape index (κ1) is 14.4. The van der Waals surface area contributed by atoms with Gasteiger partial charge in [-0.25, -0.2) is 14.6 Å². The number of pyridine rings is 1. The minimum atomic E-state index is -0.490. The van der Waals surface area contributed by atoms with Crippen molar-refractivity contribution in [1.82, 2.24) is 4.57 Å². The Morgan fingerprint density at radius 2 is 1.84 bits per heavy atom. The van der Waals surface area contributed by atoms with Gasteiger partial charge in [-0.3, -0.25) is 0 Å². The number of rotatable bonds is 4. The maximum Gasteiger partial charge on any atom is 0.332 e. The summed E-state index contributed by atoms with van der Waals surface area (Å²) in [6.07, 6.45) is 7.01. The summed E-state index contributed by atoms with van der Waals surface area (Å²) in [5.41, 5.74) is 0.544. The Kier molecular flexibility index (Phi) is 5.81. The van der Waals surface area contributed by atoms with Gasteiger partial charge in [0.2, 0.25) is 0 Å². The molecule has 6 heteroatoms. The fourth-order valence-corrected chi connectivity index (χ4v) is 1.13. The molecule has 1 rings (SSSR count). The molecule has 1 aromatic heterocycles. The molecule has 0 atom stereocenters. The van der Waals surface area contributed by atoms with Crippen molar-refractivity contribution in [3.8, 4) is 0 Å². The lowest BCUT2D eigenvalue weighted by Gasteiger charge is -1.99. The molecule has 0 amide bonds. The molecule has 1 aromatic rings. The molecule has 0 N–H and O–H groups in total. The van der Waals surface area contributed by atoms with Crippen LogP contribution in [0.4, 0.5) is 0 Å². The van der Waals surface area contributed by atoms with Crippen LogP contribution in [0.3, 0.4) is 0 Å². The van der Waals surface area contributed by atoms with Gasteiger partial charge in [0.25, 0.3) is 0 Å². The second kappa shape index (κ2) is 7.65. The van der Waals surface area contributed by atoms with Crippen molar-refractivity contribution in [3.05, 3.63) is 48.2 Å². The number of esters is 2. The Balaban J connectivity index is 2.99. The van der Waals surface area contributed by atoms with E-state index in [1.54, 1.807) is 29.0 Å². The van der Waals surface area contributed by atoms with Crippen molar-refractivity contribution in [1.29, 1.82) is 0 Å². The minimum Gasteiger partial charge on any atom is -0.466 e. The predicted octanol–water partition coefficient (Wildman–Crippen LogP) is 0.719. The Labute approximate surface area is 110 Å². The molecule has 0 bridgehead atoms. The first-order valence-electron chi connectivity index (χ1n) is 5.39. The average Bonchev–Trinajstić information content (AvgIpc) is 2.45. The monoisotopic (exact) mass is 262 g/mol. The van der Waals surface area contributed by atoms with Crippen LogP contribution in [0.5, 0.6) is 0 Å². The van der Waals surface area contributed by atoms with Crippen molar-refractivity contribution in [2.75, 3.05) is 14.2 Å². The highest BCUT2D eigenvalue weighted by Crippen LogP contribution is 1.87. The van der Waals surface area contributed by atoms with Crippen molar-refractivity contribution < 1.29 is 19.1 Å². The number of hydrogen-bond donors (Lipinski definition) is 0. The molecule has 100 valence electrons. The van der Waals surface area contributed by atoms with Crippen molar-refractivity contribution in [3.63, 3.8) is 0 Å². The molecule has 0 aromatic carbocycles. The van der Waals surface area contributed by atoms with Crippen molar-refractivity contribution >= 4 is 18.1 Å². The highest BCUT2D eigenvalue weighted by atomic mass is 16.5. The van der Waals surface area contributed by atoms with Gasteiger partial charge in [0.15, 0.2) is 0 Å². The number of ether oxygens (including phenoxy) is 2. The zero-order valence-electron chi connectivity index (χ0n) is 10.6. The number of nitrogens with zero attached hydrogens (tertiary/aromatic N) is 2. The molecule has 0 aliphatic carbocycles. The molecule has 6 nitrogen and oxygen atoms in total. The number of carbonyl (C=O) groups is 2. The Bertz CT molecular complexity index is 570. The summed E-state index contributed by atoms with van der Waals surface area (Å²) < 4.78 is 10.5. The smallest absolute Gasteiger partial charge is 0.332 e. The second-order valence-electron chi connectivity index (χ2n) is 3.27. The predicted molar refractivity (Wildman–Crippen MR) is 68.5 cm³/mol. The summed E-state index contributed by atoms with van der Waals surface area (Å²) in [4.78, 5) is 26.0. The van der Waals surface area contributed by atoms with Gasteiger partial charge in [-0.05, 0) is 12.1 Å². The topological polar surface area (TPSA) is 69.9 Å². The van der Waals surface area contributed by atoms with Crippen molar-refractivity contribution in [2.24, 2.45) is 4.99 Å². The van der Waals surface area contributed by atoms with E-state index in [4.69, 9.17) is 0 Å². The fraction of sp³-hybridized carbons (Fsp3) is 0.154. The fourth-order valence-electron chi connectivity index (χ4n) is 1.13. The van der Waals surface area contributed by atoms with Crippen molar-refractivity contribution in [2.45, 2.75) is 0 Å². The molecule has 0 fully saturated rings. The Hall–Kier alpha value is -2.63. The van der Waals surface area contributed by atoms with Crippen LogP contribution in [0.25, 0.3) is 6.20 Å². The molecular weight excluding hydrogens is 248 g/mol.